The maximum absolute atomic E-state index is 11.4. The van der Waals surface area contributed by atoms with Crippen molar-refractivity contribution in [3.63, 3.8) is 0 Å². The van der Waals surface area contributed by atoms with Gasteiger partial charge >= 0.3 is 5.97 Å². The van der Waals surface area contributed by atoms with Crippen molar-refractivity contribution in [3.8, 4) is 6.07 Å². The number of carbonyl (C=O) groups excluding carboxylic acids is 1. The summed E-state index contributed by atoms with van der Waals surface area (Å²) in [7, 11) is 1.33. The van der Waals surface area contributed by atoms with Gasteiger partial charge in [0.15, 0.2) is 0 Å². The summed E-state index contributed by atoms with van der Waals surface area (Å²) in [4.78, 5) is 13.4. The molecule has 1 rings (SSSR count). The summed E-state index contributed by atoms with van der Waals surface area (Å²) in [5.74, 6) is -0.409. The van der Waals surface area contributed by atoms with E-state index >= 15 is 0 Å². The minimum absolute atomic E-state index is 0.409. The number of hydrogen-bond donors (Lipinski definition) is 1. The van der Waals surface area contributed by atoms with Crippen LogP contribution in [0.1, 0.15) is 23.7 Å². The average Bonchev–Trinajstić information content (AvgIpc) is 2.40. The maximum Gasteiger partial charge on any atom is 0.337 e. The highest BCUT2D eigenvalue weighted by Crippen LogP contribution is 2.24. The first-order valence-corrected chi connectivity index (χ1v) is 5.73. The van der Waals surface area contributed by atoms with Crippen LogP contribution in [-0.4, -0.2) is 26.2 Å². The van der Waals surface area contributed by atoms with E-state index in [1.807, 2.05) is 11.8 Å². The molecule has 1 aromatic carbocycles. The lowest BCUT2D eigenvalue weighted by atomic mass is 10.1. The van der Waals surface area contributed by atoms with Gasteiger partial charge in [-0.25, -0.2) is 4.79 Å². The van der Waals surface area contributed by atoms with Gasteiger partial charge in [-0.3, -0.25) is 0 Å². The number of methoxy groups -OCH3 is 1. The van der Waals surface area contributed by atoms with Crippen molar-refractivity contribution in [2.75, 3.05) is 30.8 Å². The second kappa shape index (κ2) is 6.50. The van der Waals surface area contributed by atoms with E-state index in [2.05, 4.69) is 10.8 Å². The summed E-state index contributed by atoms with van der Waals surface area (Å²) >= 11 is 0. The van der Waals surface area contributed by atoms with E-state index in [9.17, 15) is 4.79 Å². The van der Waals surface area contributed by atoms with Crippen LogP contribution in [-0.2, 0) is 4.74 Å². The first-order valence-electron chi connectivity index (χ1n) is 5.73. The van der Waals surface area contributed by atoms with E-state index in [0.29, 0.717) is 24.2 Å². The molecule has 96 valence electrons. The standard InChI is InChI=1S/C13H17N3O2/c1-3-16(8-4-7-14)12-6-5-10(9-11(12)15)13(17)18-2/h5-6,9H,3-4,8,15H2,1-2H3. The Morgan fingerprint density at radius 3 is 2.78 bits per heavy atom. The molecular formula is C13H17N3O2. The highest BCUT2D eigenvalue weighted by Gasteiger charge is 2.11. The maximum atomic E-state index is 11.4. The van der Waals surface area contributed by atoms with Gasteiger partial charge in [-0.1, -0.05) is 0 Å². The summed E-state index contributed by atoms with van der Waals surface area (Å²) in [6.45, 7) is 3.36. The van der Waals surface area contributed by atoms with Gasteiger partial charge in [0.1, 0.15) is 0 Å². The molecule has 0 bridgehead atoms. The number of benzene rings is 1. The zero-order valence-corrected chi connectivity index (χ0v) is 10.6. The van der Waals surface area contributed by atoms with Gasteiger partial charge < -0.3 is 15.4 Å². The van der Waals surface area contributed by atoms with E-state index < -0.39 is 5.97 Å². The normalized spacial score (nSPS) is 9.61. The predicted octanol–water partition coefficient (Wildman–Crippen LogP) is 1.80. The molecule has 0 unspecified atom stereocenters. The largest absolute Gasteiger partial charge is 0.465 e. The molecule has 2 N–H and O–H groups in total. The molecule has 0 amide bonds. The second-order valence-electron chi connectivity index (χ2n) is 3.75. The number of rotatable bonds is 5. The quantitative estimate of drug-likeness (QED) is 0.634. The number of nitrogen functional groups attached to an aromatic ring is 1. The molecule has 0 radical (unpaired) electrons. The summed E-state index contributed by atoms with van der Waals surface area (Å²) < 4.78 is 4.63. The first-order chi connectivity index (χ1) is 8.63. The van der Waals surface area contributed by atoms with Crippen molar-refractivity contribution in [2.24, 2.45) is 0 Å². The van der Waals surface area contributed by atoms with Crippen molar-refractivity contribution in [3.05, 3.63) is 23.8 Å². The smallest absolute Gasteiger partial charge is 0.337 e. The molecule has 0 fully saturated rings. The average molecular weight is 247 g/mol. The van der Waals surface area contributed by atoms with Gasteiger partial charge in [0.25, 0.3) is 0 Å². The molecule has 0 atom stereocenters. The summed E-state index contributed by atoms with van der Waals surface area (Å²) in [6.07, 6.45) is 0.437. The number of nitrogens with two attached hydrogens (primary N) is 1. The minimum Gasteiger partial charge on any atom is -0.465 e. The number of carbonyl (C=O) groups is 1. The molecule has 0 aromatic heterocycles. The lowest BCUT2D eigenvalue weighted by molar-refractivity contribution is 0.0601. The molecular weight excluding hydrogens is 230 g/mol. The van der Waals surface area contributed by atoms with Gasteiger partial charge in [0.05, 0.1) is 36.5 Å². The first kappa shape index (κ1) is 13.8. The highest BCUT2D eigenvalue weighted by molar-refractivity contribution is 5.91. The van der Waals surface area contributed by atoms with E-state index in [-0.39, 0.29) is 0 Å². The van der Waals surface area contributed by atoms with E-state index in [1.165, 1.54) is 7.11 Å². The second-order valence-corrected chi connectivity index (χ2v) is 3.75. The third-order valence-corrected chi connectivity index (χ3v) is 2.66. The van der Waals surface area contributed by atoms with Gasteiger partial charge in [-0.15, -0.1) is 0 Å². The number of nitriles is 1. The Morgan fingerprint density at radius 2 is 2.28 bits per heavy atom. The van der Waals surface area contributed by atoms with Crippen LogP contribution in [0.25, 0.3) is 0 Å². The van der Waals surface area contributed by atoms with Gasteiger partial charge in [-0.05, 0) is 25.1 Å². The van der Waals surface area contributed by atoms with Crippen molar-refractivity contribution < 1.29 is 9.53 Å². The van der Waals surface area contributed by atoms with Crippen LogP contribution in [0, 0.1) is 11.3 Å². The Labute approximate surface area is 107 Å². The molecule has 5 nitrogen and oxygen atoms in total. The molecule has 0 aliphatic rings. The Morgan fingerprint density at radius 1 is 1.56 bits per heavy atom. The molecule has 0 heterocycles. The van der Waals surface area contributed by atoms with Crippen molar-refractivity contribution in [1.82, 2.24) is 0 Å². The molecule has 0 saturated heterocycles. The summed E-state index contributed by atoms with van der Waals surface area (Å²) in [6, 6.07) is 7.15. The number of esters is 1. The lowest BCUT2D eigenvalue weighted by Gasteiger charge is -2.23. The zero-order valence-electron chi connectivity index (χ0n) is 10.6. The van der Waals surface area contributed by atoms with Crippen LogP contribution < -0.4 is 10.6 Å². The van der Waals surface area contributed by atoms with Gasteiger partial charge in [0.2, 0.25) is 0 Å². The summed E-state index contributed by atoms with van der Waals surface area (Å²) in [5.41, 5.74) is 7.70. The predicted molar refractivity (Wildman–Crippen MR) is 70.3 cm³/mol. The van der Waals surface area contributed by atoms with E-state index in [0.717, 1.165) is 12.2 Å². The molecule has 0 spiro atoms. The summed E-state index contributed by atoms with van der Waals surface area (Å²) in [5, 5.41) is 8.61. The Balaban J connectivity index is 2.96. The Hall–Kier alpha value is -2.22. The molecule has 0 aliphatic carbocycles. The molecule has 18 heavy (non-hydrogen) atoms. The third kappa shape index (κ3) is 3.14. The van der Waals surface area contributed by atoms with E-state index in [1.54, 1.807) is 18.2 Å². The third-order valence-electron chi connectivity index (χ3n) is 2.66. The van der Waals surface area contributed by atoms with Gasteiger partial charge in [-0.2, -0.15) is 5.26 Å². The highest BCUT2D eigenvalue weighted by atomic mass is 16.5. The van der Waals surface area contributed by atoms with Gasteiger partial charge in [0, 0.05) is 13.1 Å². The fraction of sp³-hybridized carbons (Fsp3) is 0.385. The van der Waals surface area contributed by atoms with Crippen LogP contribution in [0.15, 0.2) is 18.2 Å². The molecule has 5 heteroatoms. The van der Waals surface area contributed by atoms with Crippen LogP contribution in [0.3, 0.4) is 0 Å². The van der Waals surface area contributed by atoms with Crippen LogP contribution in [0.2, 0.25) is 0 Å². The SMILES string of the molecule is CCN(CCC#N)c1ccc(C(=O)OC)cc1N. The Kier molecular flexibility index (Phi) is 5.00. The zero-order chi connectivity index (χ0) is 13.5. The minimum atomic E-state index is -0.409. The van der Waals surface area contributed by atoms with Crippen molar-refractivity contribution in [2.45, 2.75) is 13.3 Å². The number of hydrogen-bond acceptors (Lipinski definition) is 5. The van der Waals surface area contributed by atoms with Crippen LogP contribution in [0.5, 0.6) is 0 Å². The van der Waals surface area contributed by atoms with Crippen molar-refractivity contribution in [1.29, 1.82) is 5.26 Å². The molecule has 1 aromatic rings. The molecule has 0 saturated carbocycles. The number of anilines is 2. The monoisotopic (exact) mass is 247 g/mol. The fourth-order valence-corrected chi connectivity index (χ4v) is 1.72. The van der Waals surface area contributed by atoms with E-state index in [4.69, 9.17) is 11.0 Å². The fourth-order valence-electron chi connectivity index (χ4n) is 1.72. The lowest BCUT2D eigenvalue weighted by Crippen LogP contribution is -2.24. The van der Waals surface area contributed by atoms with Crippen LogP contribution in [0.4, 0.5) is 11.4 Å². The van der Waals surface area contributed by atoms with Crippen molar-refractivity contribution >= 4 is 17.3 Å². The van der Waals surface area contributed by atoms with Crippen LogP contribution >= 0.6 is 0 Å². The number of ether oxygens (including phenoxy) is 1. The Bertz CT molecular complexity index is 466. The molecule has 0 aliphatic heterocycles. The topological polar surface area (TPSA) is 79.3 Å². The number of nitrogens with zero attached hydrogens (tertiary/aromatic N) is 2.